The molecule has 1 aliphatic rings. The van der Waals surface area contributed by atoms with Gasteiger partial charge in [-0.15, -0.1) is 0 Å². The summed E-state index contributed by atoms with van der Waals surface area (Å²) in [5, 5.41) is 4.53. The molecule has 0 unspecified atom stereocenters. The highest BCUT2D eigenvalue weighted by Crippen LogP contribution is 2.37. The lowest BCUT2D eigenvalue weighted by Gasteiger charge is -2.16. The summed E-state index contributed by atoms with van der Waals surface area (Å²) in [7, 11) is 0. The molecule has 3 aromatic rings. The molecule has 1 aromatic heterocycles. The maximum atomic E-state index is 13.6. The van der Waals surface area contributed by atoms with Crippen LogP contribution in [0.15, 0.2) is 59.2 Å². The zero-order valence-corrected chi connectivity index (χ0v) is 18.9. The Kier molecular flexibility index (Phi) is 6.65. The van der Waals surface area contributed by atoms with Crippen molar-refractivity contribution in [3.63, 3.8) is 0 Å². The van der Waals surface area contributed by atoms with Crippen LogP contribution in [0.25, 0.3) is 0 Å². The van der Waals surface area contributed by atoms with Crippen molar-refractivity contribution in [1.29, 1.82) is 0 Å². The minimum atomic E-state index is -4.81. The lowest BCUT2D eigenvalue weighted by Crippen LogP contribution is -2.31. The second-order valence-electron chi connectivity index (χ2n) is 8.15. The normalized spacial score (nSPS) is 13.1. The van der Waals surface area contributed by atoms with Crippen molar-refractivity contribution in [3.05, 3.63) is 82.8 Å². The Hall–Kier alpha value is -4.41. The molecular weight excluding hydrogens is 479 g/mol. The third-order valence-electron chi connectivity index (χ3n) is 5.51. The molecule has 2 heterocycles. The Labute approximate surface area is 203 Å². The second-order valence-corrected chi connectivity index (χ2v) is 8.15. The fourth-order valence-corrected chi connectivity index (χ4v) is 3.78. The van der Waals surface area contributed by atoms with Crippen LogP contribution in [0, 0.1) is 6.92 Å². The molecule has 2 N–H and O–H groups in total. The standard InChI is InChI=1S/C25H20F3N3O5/c1-14-6-8-16-17(12-14)24(35)31(23(16)34)10-2-5-21(32)30-19-9-7-15(13-18(19)25(26,27)28)29-22(33)20-4-3-11-36-20/h3-4,6-9,11-13H,2,5,10H2,1H3,(H,29,33)(H,30,32). The number of anilines is 2. The average molecular weight is 499 g/mol. The number of rotatable bonds is 7. The van der Waals surface area contributed by atoms with Gasteiger partial charge >= 0.3 is 6.18 Å². The summed E-state index contributed by atoms with van der Waals surface area (Å²) in [5.41, 5.74) is -0.378. The van der Waals surface area contributed by atoms with Crippen molar-refractivity contribution in [1.82, 2.24) is 4.90 Å². The van der Waals surface area contributed by atoms with E-state index < -0.39 is 41.1 Å². The quantitative estimate of drug-likeness (QED) is 0.451. The fraction of sp³-hybridized carbons (Fsp3) is 0.200. The van der Waals surface area contributed by atoms with Gasteiger partial charge in [0, 0.05) is 18.7 Å². The van der Waals surface area contributed by atoms with Crippen molar-refractivity contribution in [3.8, 4) is 0 Å². The molecule has 0 saturated carbocycles. The topological polar surface area (TPSA) is 109 Å². The smallest absolute Gasteiger partial charge is 0.418 e. The summed E-state index contributed by atoms with van der Waals surface area (Å²) in [5.74, 6) is -2.46. The van der Waals surface area contributed by atoms with Crippen molar-refractivity contribution < 1.29 is 36.8 Å². The highest BCUT2D eigenvalue weighted by Gasteiger charge is 2.36. The molecule has 0 saturated heterocycles. The summed E-state index contributed by atoms with van der Waals surface area (Å²) in [4.78, 5) is 50.4. The first-order valence-electron chi connectivity index (χ1n) is 10.9. The van der Waals surface area contributed by atoms with Gasteiger partial charge in [-0.05, 0) is 55.8 Å². The van der Waals surface area contributed by atoms with Crippen LogP contribution >= 0.6 is 0 Å². The zero-order valence-electron chi connectivity index (χ0n) is 18.9. The number of nitrogens with one attached hydrogen (secondary N) is 2. The van der Waals surface area contributed by atoms with Crippen LogP contribution in [0.3, 0.4) is 0 Å². The summed E-state index contributed by atoms with van der Waals surface area (Å²) in [6.45, 7) is 1.74. The van der Waals surface area contributed by atoms with E-state index in [1.165, 1.54) is 24.5 Å². The number of hydrogen-bond acceptors (Lipinski definition) is 5. The van der Waals surface area contributed by atoms with Crippen molar-refractivity contribution >= 4 is 35.0 Å². The molecule has 4 rings (SSSR count). The number of furan rings is 1. The minimum Gasteiger partial charge on any atom is -0.459 e. The van der Waals surface area contributed by atoms with E-state index in [9.17, 15) is 32.3 Å². The number of carbonyl (C=O) groups excluding carboxylic acids is 4. The zero-order chi connectivity index (χ0) is 26.0. The molecule has 0 aliphatic carbocycles. The van der Waals surface area contributed by atoms with Gasteiger partial charge in [0.2, 0.25) is 5.91 Å². The minimum absolute atomic E-state index is 0.0529. The van der Waals surface area contributed by atoms with Crippen molar-refractivity contribution in [2.45, 2.75) is 25.9 Å². The molecule has 0 radical (unpaired) electrons. The van der Waals surface area contributed by atoms with E-state index in [4.69, 9.17) is 4.42 Å². The van der Waals surface area contributed by atoms with Crippen LogP contribution in [-0.2, 0) is 11.0 Å². The van der Waals surface area contributed by atoms with Crippen LogP contribution in [-0.4, -0.2) is 35.1 Å². The maximum Gasteiger partial charge on any atom is 0.418 e. The Morgan fingerprint density at radius 3 is 2.42 bits per heavy atom. The van der Waals surface area contributed by atoms with Crippen molar-refractivity contribution in [2.75, 3.05) is 17.2 Å². The van der Waals surface area contributed by atoms with Crippen molar-refractivity contribution in [2.24, 2.45) is 0 Å². The number of nitrogens with zero attached hydrogens (tertiary/aromatic N) is 1. The number of imide groups is 1. The lowest BCUT2D eigenvalue weighted by atomic mass is 10.1. The predicted octanol–water partition coefficient (Wildman–Crippen LogP) is 4.87. The molecule has 0 bridgehead atoms. The number of amides is 4. The van der Waals surface area contributed by atoms with Gasteiger partial charge in [-0.3, -0.25) is 24.1 Å². The first-order chi connectivity index (χ1) is 17.0. The molecular formula is C25H20F3N3O5. The van der Waals surface area contributed by atoms with E-state index in [0.29, 0.717) is 11.6 Å². The predicted molar refractivity (Wildman–Crippen MR) is 123 cm³/mol. The number of fused-ring (bicyclic) bond motifs is 1. The average Bonchev–Trinajstić information content (AvgIpc) is 3.43. The van der Waals surface area contributed by atoms with Crippen LogP contribution in [0.2, 0.25) is 0 Å². The number of hydrogen-bond donors (Lipinski definition) is 2. The first-order valence-corrected chi connectivity index (χ1v) is 10.9. The van der Waals surface area contributed by atoms with Gasteiger partial charge in [0.05, 0.1) is 28.6 Å². The van der Waals surface area contributed by atoms with Crippen LogP contribution < -0.4 is 10.6 Å². The van der Waals surface area contributed by atoms with E-state index in [0.717, 1.165) is 16.5 Å². The molecule has 4 amide bonds. The van der Waals surface area contributed by atoms with Crippen LogP contribution in [0.5, 0.6) is 0 Å². The maximum absolute atomic E-state index is 13.6. The van der Waals surface area contributed by atoms with Crippen LogP contribution in [0.1, 0.15) is 55.2 Å². The van der Waals surface area contributed by atoms with Gasteiger partial charge in [-0.2, -0.15) is 13.2 Å². The molecule has 0 fully saturated rings. The number of aryl methyl sites for hydroxylation is 1. The highest BCUT2D eigenvalue weighted by molar-refractivity contribution is 6.21. The van der Waals surface area contributed by atoms with Gasteiger partial charge < -0.3 is 15.1 Å². The van der Waals surface area contributed by atoms with Gasteiger partial charge in [-0.1, -0.05) is 11.6 Å². The molecule has 0 atom stereocenters. The second kappa shape index (κ2) is 9.68. The third kappa shape index (κ3) is 5.14. The Morgan fingerprint density at radius 2 is 1.72 bits per heavy atom. The molecule has 1 aliphatic heterocycles. The van der Waals surface area contributed by atoms with E-state index in [1.54, 1.807) is 25.1 Å². The summed E-state index contributed by atoms with van der Waals surface area (Å²) >= 11 is 0. The molecule has 36 heavy (non-hydrogen) atoms. The molecule has 11 heteroatoms. The van der Waals surface area contributed by atoms with Gasteiger partial charge in [-0.25, -0.2) is 0 Å². The first kappa shape index (κ1) is 24.7. The third-order valence-corrected chi connectivity index (χ3v) is 5.51. The van der Waals surface area contributed by atoms with Gasteiger partial charge in [0.1, 0.15) is 0 Å². The Morgan fingerprint density at radius 1 is 0.972 bits per heavy atom. The molecule has 0 spiro atoms. The van der Waals surface area contributed by atoms with Gasteiger partial charge in [0.25, 0.3) is 17.7 Å². The number of alkyl halides is 3. The fourth-order valence-electron chi connectivity index (χ4n) is 3.78. The summed E-state index contributed by atoms with van der Waals surface area (Å²) in [6.07, 6.45) is -3.72. The van der Waals surface area contributed by atoms with E-state index >= 15 is 0 Å². The SMILES string of the molecule is Cc1ccc2c(c1)C(=O)N(CCCC(=O)Nc1ccc(NC(=O)c3ccco3)cc1C(F)(F)F)C2=O. The highest BCUT2D eigenvalue weighted by atomic mass is 19.4. The Bertz CT molecular complexity index is 1350. The number of benzene rings is 2. The van der Waals surface area contributed by atoms with E-state index in [2.05, 4.69) is 10.6 Å². The molecule has 8 nitrogen and oxygen atoms in total. The molecule has 186 valence electrons. The summed E-state index contributed by atoms with van der Waals surface area (Å²) in [6, 6.07) is 10.7. The summed E-state index contributed by atoms with van der Waals surface area (Å²) < 4.78 is 45.8. The number of halogens is 3. The Balaban J connectivity index is 1.38. The lowest BCUT2D eigenvalue weighted by molar-refractivity contribution is -0.136. The van der Waals surface area contributed by atoms with Crippen LogP contribution in [0.4, 0.5) is 24.5 Å². The molecule has 2 aromatic carbocycles. The van der Waals surface area contributed by atoms with E-state index in [1.807, 2.05) is 0 Å². The van der Waals surface area contributed by atoms with Gasteiger partial charge in [0.15, 0.2) is 5.76 Å². The van der Waals surface area contributed by atoms with E-state index in [-0.39, 0.29) is 36.4 Å². The largest absolute Gasteiger partial charge is 0.459 e. The number of carbonyl (C=O) groups is 4. The monoisotopic (exact) mass is 499 g/mol.